The fourth-order valence-electron chi connectivity index (χ4n) is 2.57. The molecule has 0 radical (unpaired) electrons. The smallest absolute Gasteiger partial charge is 0.283 e. The van der Waals surface area contributed by atoms with E-state index in [2.05, 4.69) is 10.5 Å². The van der Waals surface area contributed by atoms with E-state index in [0.717, 1.165) is 21.2 Å². The number of amides is 1. The second-order valence-corrected chi connectivity index (χ2v) is 7.22. The van der Waals surface area contributed by atoms with Crippen molar-refractivity contribution in [2.75, 3.05) is 13.7 Å². The summed E-state index contributed by atoms with van der Waals surface area (Å²) >= 11 is 7.71. The SMILES string of the molecule is CCOc1ccc(/C=N/NC(=O)c2sc3cc(C)ccc3c2Cl)cc1OC. The molecule has 2 aromatic carbocycles. The standard InChI is InChI=1S/C20H19ClN2O3S/c1-4-26-15-8-6-13(10-16(15)25-3)11-22-23-20(24)19-18(21)14-7-5-12(2)9-17(14)27-19/h5-11H,4H2,1-3H3,(H,23,24)/b22-11+. The molecule has 7 heteroatoms. The largest absolute Gasteiger partial charge is 0.493 e. The number of nitrogens with zero attached hydrogens (tertiary/aromatic N) is 1. The number of hydrazone groups is 1. The van der Waals surface area contributed by atoms with Crippen LogP contribution in [0.5, 0.6) is 11.5 Å². The molecule has 5 nitrogen and oxygen atoms in total. The van der Waals surface area contributed by atoms with Gasteiger partial charge in [-0.15, -0.1) is 11.3 Å². The van der Waals surface area contributed by atoms with Crippen LogP contribution in [0.3, 0.4) is 0 Å². The summed E-state index contributed by atoms with van der Waals surface area (Å²) in [5.41, 5.74) is 4.42. The second-order valence-electron chi connectivity index (χ2n) is 5.79. The van der Waals surface area contributed by atoms with E-state index in [0.29, 0.717) is 28.0 Å². The van der Waals surface area contributed by atoms with Crippen LogP contribution >= 0.6 is 22.9 Å². The van der Waals surface area contributed by atoms with Crippen molar-refractivity contribution < 1.29 is 14.3 Å². The third-order valence-electron chi connectivity index (χ3n) is 3.86. The molecule has 0 aliphatic carbocycles. The molecule has 0 spiro atoms. The lowest BCUT2D eigenvalue weighted by molar-refractivity contribution is 0.0959. The fourth-order valence-corrected chi connectivity index (χ4v) is 4.08. The number of benzene rings is 2. The molecule has 0 saturated carbocycles. The highest BCUT2D eigenvalue weighted by Gasteiger charge is 2.16. The average molecular weight is 403 g/mol. The van der Waals surface area contributed by atoms with Crippen LogP contribution in [0.2, 0.25) is 5.02 Å². The first-order valence-electron chi connectivity index (χ1n) is 8.36. The highest BCUT2D eigenvalue weighted by Crippen LogP contribution is 2.35. The van der Waals surface area contributed by atoms with E-state index in [-0.39, 0.29) is 5.91 Å². The molecule has 27 heavy (non-hydrogen) atoms. The zero-order chi connectivity index (χ0) is 19.4. The summed E-state index contributed by atoms with van der Waals surface area (Å²) in [6.45, 7) is 4.46. The Morgan fingerprint density at radius 2 is 2.07 bits per heavy atom. The van der Waals surface area contributed by atoms with E-state index in [1.807, 2.05) is 38.1 Å². The summed E-state index contributed by atoms with van der Waals surface area (Å²) in [5, 5.41) is 5.35. The molecule has 0 bridgehead atoms. The molecule has 0 aliphatic heterocycles. The molecule has 0 fully saturated rings. The normalized spacial score (nSPS) is 11.1. The van der Waals surface area contributed by atoms with Crippen molar-refractivity contribution in [2.45, 2.75) is 13.8 Å². The topological polar surface area (TPSA) is 59.9 Å². The number of aryl methyl sites for hydroxylation is 1. The summed E-state index contributed by atoms with van der Waals surface area (Å²) < 4.78 is 11.8. The Hall–Kier alpha value is -2.57. The third-order valence-corrected chi connectivity index (χ3v) is 5.51. The number of ether oxygens (including phenoxy) is 2. The van der Waals surface area contributed by atoms with Gasteiger partial charge in [0.25, 0.3) is 5.91 Å². The summed E-state index contributed by atoms with van der Waals surface area (Å²) in [4.78, 5) is 12.9. The minimum Gasteiger partial charge on any atom is -0.493 e. The lowest BCUT2D eigenvalue weighted by Crippen LogP contribution is -2.16. The Bertz CT molecular complexity index is 1010. The Morgan fingerprint density at radius 1 is 1.26 bits per heavy atom. The van der Waals surface area contributed by atoms with Crippen LogP contribution < -0.4 is 14.9 Å². The number of nitrogens with one attached hydrogen (secondary N) is 1. The number of carbonyl (C=O) groups excluding carboxylic acids is 1. The Balaban J connectivity index is 1.75. The molecule has 1 aromatic heterocycles. The first-order valence-corrected chi connectivity index (χ1v) is 9.55. The molecule has 0 saturated heterocycles. The van der Waals surface area contributed by atoms with Crippen LogP contribution in [0, 0.1) is 6.92 Å². The van der Waals surface area contributed by atoms with E-state index in [1.165, 1.54) is 11.3 Å². The lowest BCUT2D eigenvalue weighted by atomic mass is 10.2. The van der Waals surface area contributed by atoms with Gasteiger partial charge in [0, 0.05) is 10.1 Å². The zero-order valence-electron chi connectivity index (χ0n) is 15.2. The Labute approximate surface area is 166 Å². The van der Waals surface area contributed by atoms with Crippen LogP contribution in [-0.4, -0.2) is 25.8 Å². The maximum Gasteiger partial charge on any atom is 0.283 e. The highest BCUT2D eigenvalue weighted by atomic mass is 35.5. The predicted octanol–water partition coefficient (Wildman–Crippen LogP) is 5.03. The lowest BCUT2D eigenvalue weighted by Gasteiger charge is -2.09. The third kappa shape index (κ3) is 4.23. The fraction of sp³-hybridized carbons (Fsp3) is 0.200. The molecular weight excluding hydrogens is 384 g/mol. The van der Waals surface area contributed by atoms with Gasteiger partial charge in [0.2, 0.25) is 0 Å². The quantitative estimate of drug-likeness (QED) is 0.464. The van der Waals surface area contributed by atoms with Crippen LogP contribution in [-0.2, 0) is 0 Å². The van der Waals surface area contributed by atoms with Crippen molar-refractivity contribution in [3.63, 3.8) is 0 Å². The van der Waals surface area contributed by atoms with Crippen LogP contribution in [0.15, 0.2) is 41.5 Å². The predicted molar refractivity (Wildman–Crippen MR) is 111 cm³/mol. The van der Waals surface area contributed by atoms with Gasteiger partial charge in [-0.25, -0.2) is 5.43 Å². The monoisotopic (exact) mass is 402 g/mol. The molecule has 3 aromatic rings. The first kappa shape index (κ1) is 19.2. The maximum atomic E-state index is 12.4. The molecule has 0 atom stereocenters. The number of rotatable bonds is 6. The van der Waals surface area contributed by atoms with E-state index in [1.54, 1.807) is 25.5 Å². The summed E-state index contributed by atoms with van der Waals surface area (Å²) in [6, 6.07) is 11.3. The number of hydrogen-bond donors (Lipinski definition) is 1. The van der Waals surface area contributed by atoms with Crippen LogP contribution in [0.25, 0.3) is 10.1 Å². The van der Waals surface area contributed by atoms with Crippen LogP contribution in [0.4, 0.5) is 0 Å². The Morgan fingerprint density at radius 3 is 2.81 bits per heavy atom. The Kier molecular flexibility index (Phi) is 5.98. The minimum absolute atomic E-state index is 0.340. The van der Waals surface area contributed by atoms with Gasteiger partial charge >= 0.3 is 0 Å². The number of thiophene rings is 1. The van der Waals surface area contributed by atoms with Gasteiger partial charge in [-0.05, 0) is 49.2 Å². The van der Waals surface area contributed by atoms with Crippen molar-refractivity contribution in [1.82, 2.24) is 5.43 Å². The zero-order valence-corrected chi connectivity index (χ0v) is 16.8. The molecule has 1 amide bonds. The molecule has 1 heterocycles. The van der Waals surface area contributed by atoms with E-state index < -0.39 is 0 Å². The number of hydrogen-bond acceptors (Lipinski definition) is 5. The highest BCUT2D eigenvalue weighted by molar-refractivity contribution is 7.21. The first-order chi connectivity index (χ1) is 13.0. The molecular formula is C20H19ClN2O3S. The second kappa shape index (κ2) is 8.41. The maximum absolute atomic E-state index is 12.4. The van der Waals surface area contributed by atoms with Gasteiger partial charge in [-0.2, -0.15) is 5.10 Å². The molecule has 0 aliphatic rings. The number of fused-ring (bicyclic) bond motifs is 1. The molecule has 140 valence electrons. The van der Waals surface area contributed by atoms with E-state index >= 15 is 0 Å². The van der Waals surface area contributed by atoms with Gasteiger partial charge in [-0.3, -0.25) is 4.79 Å². The molecule has 1 N–H and O–H groups in total. The summed E-state index contributed by atoms with van der Waals surface area (Å²) in [7, 11) is 1.58. The van der Waals surface area contributed by atoms with E-state index in [9.17, 15) is 4.79 Å². The summed E-state index contributed by atoms with van der Waals surface area (Å²) in [6.07, 6.45) is 1.54. The number of halogens is 1. The van der Waals surface area contributed by atoms with Gasteiger partial charge < -0.3 is 9.47 Å². The van der Waals surface area contributed by atoms with Gasteiger partial charge in [0.05, 0.1) is 25.0 Å². The average Bonchev–Trinajstić information content (AvgIpc) is 2.98. The van der Waals surface area contributed by atoms with Crippen molar-refractivity contribution in [3.8, 4) is 11.5 Å². The van der Waals surface area contributed by atoms with Crippen molar-refractivity contribution in [3.05, 3.63) is 57.4 Å². The van der Waals surface area contributed by atoms with E-state index in [4.69, 9.17) is 21.1 Å². The minimum atomic E-state index is -0.340. The number of methoxy groups -OCH3 is 1. The van der Waals surface area contributed by atoms with Gasteiger partial charge in [0.15, 0.2) is 11.5 Å². The van der Waals surface area contributed by atoms with Crippen LogP contribution in [0.1, 0.15) is 27.7 Å². The number of carbonyl (C=O) groups is 1. The van der Waals surface area contributed by atoms with Gasteiger partial charge in [-0.1, -0.05) is 23.7 Å². The van der Waals surface area contributed by atoms with Gasteiger partial charge in [0.1, 0.15) is 4.88 Å². The molecule has 0 unspecified atom stereocenters. The summed E-state index contributed by atoms with van der Waals surface area (Å²) in [5.74, 6) is 0.927. The van der Waals surface area contributed by atoms with Crippen molar-refractivity contribution >= 4 is 45.1 Å². The van der Waals surface area contributed by atoms with Crippen molar-refractivity contribution in [1.29, 1.82) is 0 Å². The molecule has 3 rings (SSSR count). The van der Waals surface area contributed by atoms with Crippen molar-refractivity contribution in [2.24, 2.45) is 5.10 Å².